The third-order valence-electron chi connectivity index (χ3n) is 5.03. The van der Waals surface area contributed by atoms with Crippen LogP contribution in [0.5, 0.6) is 5.75 Å². The molecule has 1 saturated carbocycles. The number of aromatic hydroxyl groups is 1. The molecule has 0 spiro atoms. The van der Waals surface area contributed by atoms with Crippen molar-refractivity contribution in [3.63, 3.8) is 0 Å². The van der Waals surface area contributed by atoms with E-state index in [9.17, 15) is 5.11 Å². The molecule has 1 aromatic carbocycles. The van der Waals surface area contributed by atoms with Gasteiger partial charge in [0, 0.05) is 12.1 Å². The smallest absolute Gasteiger partial charge is 0.115 e. The summed E-state index contributed by atoms with van der Waals surface area (Å²) in [5.74, 6) is 0.971. The van der Waals surface area contributed by atoms with Crippen LogP contribution in [0.1, 0.15) is 57.6 Å². The predicted molar refractivity (Wildman–Crippen MR) is 88.3 cm³/mol. The molecule has 1 aliphatic carbocycles. The zero-order valence-electron chi connectivity index (χ0n) is 13.5. The third kappa shape index (κ3) is 3.78. The first-order chi connectivity index (χ1) is 10.2. The second-order valence-corrected chi connectivity index (χ2v) is 6.19. The van der Waals surface area contributed by atoms with Crippen LogP contribution in [0.15, 0.2) is 24.3 Å². The van der Waals surface area contributed by atoms with Crippen molar-refractivity contribution in [2.24, 2.45) is 11.7 Å². The standard InChI is InChI=1S/C18H30N2O/c1-3-17(14-9-11-16(21)12-10-14)20(4-2)18-8-6-5-7-15(18)13-19/h9-12,15,17-18,21H,3-8,13,19H2,1-2H3. The Hall–Kier alpha value is -1.06. The molecule has 2 rings (SSSR count). The van der Waals surface area contributed by atoms with Crippen molar-refractivity contribution in [1.82, 2.24) is 4.90 Å². The molecule has 1 aliphatic rings. The van der Waals surface area contributed by atoms with Crippen molar-refractivity contribution in [3.05, 3.63) is 29.8 Å². The summed E-state index contributed by atoms with van der Waals surface area (Å²) in [5.41, 5.74) is 7.33. The fraction of sp³-hybridized carbons (Fsp3) is 0.667. The van der Waals surface area contributed by atoms with E-state index in [-0.39, 0.29) is 0 Å². The maximum atomic E-state index is 9.51. The van der Waals surface area contributed by atoms with E-state index < -0.39 is 0 Å². The van der Waals surface area contributed by atoms with E-state index in [1.807, 2.05) is 0 Å². The van der Waals surface area contributed by atoms with E-state index in [2.05, 4.69) is 30.9 Å². The van der Waals surface area contributed by atoms with Gasteiger partial charge in [-0.3, -0.25) is 4.90 Å². The van der Waals surface area contributed by atoms with Gasteiger partial charge in [-0.1, -0.05) is 38.8 Å². The number of hydrogen-bond acceptors (Lipinski definition) is 3. The average Bonchev–Trinajstić information content (AvgIpc) is 2.53. The molecule has 0 radical (unpaired) electrons. The fourth-order valence-electron chi connectivity index (χ4n) is 3.94. The quantitative estimate of drug-likeness (QED) is 0.840. The van der Waals surface area contributed by atoms with Gasteiger partial charge in [-0.15, -0.1) is 0 Å². The van der Waals surface area contributed by atoms with Gasteiger partial charge >= 0.3 is 0 Å². The van der Waals surface area contributed by atoms with Gasteiger partial charge in [0.25, 0.3) is 0 Å². The molecule has 3 heteroatoms. The Morgan fingerprint density at radius 1 is 1.19 bits per heavy atom. The van der Waals surface area contributed by atoms with E-state index in [1.54, 1.807) is 12.1 Å². The van der Waals surface area contributed by atoms with Crippen molar-refractivity contribution >= 4 is 0 Å². The second kappa shape index (κ2) is 7.81. The highest BCUT2D eigenvalue weighted by molar-refractivity contribution is 5.28. The lowest BCUT2D eigenvalue weighted by atomic mass is 9.82. The van der Waals surface area contributed by atoms with Crippen molar-refractivity contribution in [2.75, 3.05) is 13.1 Å². The molecule has 0 saturated heterocycles. The van der Waals surface area contributed by atoms with Gasteiger partial charge < -0.3 is 10.8 Å². The molecule has 0 aromatic heterocycles. The first kappa shape index (κ1) is 16.3. The Balaban J connectivity index is 2.21. The van der Waals surface area contributed by atoms with Crippen LogP contribution in [0.25, 0.3) is 0 Å². The Bertz CT molecular complexity index is 418. The minimum atomic E-state index is 0.342. The van der Waals surface area contributed by atoms with Crippen molar-refractivity contribution in [1.29, 1.82) is 0 Å². The molecule has 0 bridgehead atoms. The van der Waals surface area contributed by atoms with Crippen molar-refractivity contribution in [2.45, 2.75) is 58.0 Å². The van der Waals surface area contributed by atoms with E-state index in [0.717, 1.165) is 19.5 Å². The van der Waals surface area contributed by atoms with Gasteiger partial charge in [0.1, 0.15) is 5.75 Å². The number of hydrogen-bond donors (Lipinski definition) is 2. The summed E-state index contributed by atoms with van der Waals surface area (Å²) in [5, 5.41) is 9.51. The molecule has 3 nitrogen and oxygen atoms in total. The minimum absolute atomic E-state index is 0.342. The zero-order chi connectivity index (χ0) is 15.2. The van der Waals surface area contributed by atoms with Crippen LogP contribution in [0.3, 0.4) is 0 Å². The van der Waals surface area contributed by atoms with E-state index in [0.29, 0.717) is 23.8 Å². The highest BCUT2D eigenvalue weighted by Crippen LogP contribution is 2.35. The molecule has 118 valence electrons. The maximum absolute atomic E-state index is 9.51. The van der Waals surface area contributed by atoms with Crippen molar-refractivity contribution in [3.8, 4) is 5.75 Å². The molecule has 3 unspecified atom stereocenters. The molecule has 0 heterocycles. The van der Waals surface area contributed by atoms with Crippen LogP contribution >= 0.6 is 0 Å². The Morgan fingerprint density at radius 3 is 2.43 bits per heavy atom. The number of nitrogens with two attached hydrogens (primary N) is 1. The molecular weight excluding hydrogens is 260 g/mol. The van der Waals surface area contributed by atoms with Gasteiger partial charge in [0.15, 0.2) is 0 Å². The summed E-state index contributed by atoms with van der Waals surface area (Å²) in [6, 6.07) is 8.75. The van der Waals surface area contributed by atoms with Crippen LogP contribution < -0.4 is 5.73 Å². The molecule has 3 N–H and O–H groups in total. The first-order valence-corrected chi connectivity index (χ1v) is 8.46. The van der Waals surface area contributed by atoms with Gasteiger partial charge in [0.05, 0.1) is 0 Å². The average molecular weight is 290 g/mol. The second-order valence-electron chi connectivity index (χ2n) is 6.19. The Labute approximate surface area is 129 Å². The summed E-state index contributed by atoms with van der Waals surface area (Å²) < 4.78 is 0. The topological polar surface area (TPSA) is 49.5 Å². The third-order valence-corrected chi connectivity index (χ3v) is 5.03. The van der Waals surface area contributed by atoms with Gasteiger partial charge in [0.2, 0.25) is 0 Å². The summed E-state index contributed by atoms with van der Waals surface area (Å²) in [7, 11) is 0. The van der Waals surface area contributed by atoms with Crippen LogP contribution in [0.2, 0.25) is 0 Å². The largest absolute Gasteiger partial charge is 0.508 e. The molecular formula is C18H30N2O. The SMILES string of the molecule is CCC(c1ccc(O)cc1)N(CC)C1CCCCC1CN. The normalized spacial score (nSPS) is 24.2. The Morgan fingerprint density at radius 2 is 1.86 bits per heavy atom. The minimum Gasteiger partial charge on any atom is -0.508 e. The number of phenols is 1. The van der Waals surface area contributed by atoms with E-state index >= 15 is 0 Å². The molecule has 0 amide bonds. The van der Waals surface area contributed by atoms with Gasteiger partial charge in [-0.05, 0) is 56.0 Å². The fourth-order valence-corrected chi connectivity index (χ4v) is 3.94. The maximum Gasteiger partial charge on any atom is 0.115 e. The zero-order valence-corrected chi connectivity index (χ0v) is 13.5. The molecule has 1 fully saturated rings. The highest BCUT2D eigenvalue weighted by atomic mass is 16.3. The van der Waals surface area contributed by atoms with E-state index in [1.165, 1.54) is 31.2 Å². The van der Waals surface area contributed by atoms with Crippen LogP contribution in [-0.2, 0) is 0 Å². The van der Waals surface area contributed by atoms with Gasteiger partial charge in [-0.25, -0.2) is 0 Å². The summed E-state index contributed by atoms with van der Waals surface area (Å²) in [6.45, 7) is 6.36. The lowest BCUT2D eigenvalue weighted by molar-refractivity contribution is 0.0678. The highest BCUT2D eigenvalue weighted by Gasteiger charge is 2.32. The number of phenolic OH excluding ortho intramolecular Hbond substituents is 1. The predicted octanol–water partition coefficient (Wildman–Crippen LogP) is 3.68. The number of rotatable bonds is 6. The first-order valence-electron chi connectivity index (χ1n) is 8.46. The van der Waals surface area contributed by atoms with Crippen LogP contribution in [-0.4, -0.2) is 29.1 Å². The van der Waals surface area contributed by atoms with Gasteiger partial charge in [-0.2, -0.15) is 0 Å². The summed E-state index contributed by atoms with van der Waals surface area (Å²) in [6.07, 6.45) is 6.27. The summed E-state index contributed by atoms with van der Waals surface area (Å²) >= 11 is 0. The van der Waals surface area contributed by atoms with Crippen LogP contribution in [0.4, 0.5) is 0 Å². The lowest BCUT2D eigenvalue weighted by Crippen LogP contribution is -2.46. The number of nitrogens with zero attached hydrogens (tertiary/aromatic N) is 1. The molecule has 21 heavy (non-hydrogen) atoms. The van der Waals surface area contributed by atoms with Crippen LogP contribution in [0, 0.1) is 5.92 Å². The monoisotopic (exact) mass is 290 g/mol. The van der Waals surface area contributed by atoms with E-state index in [4.69, 9.17) is 5.73 Å². The number of benzene rings is 1. The summed E-state index contributed by atoms with van der Waals surface area (Å²) in [4.78, 5) is 2.64. The lowest BCUT2D eigenvalue weighted by Gasteiger charge is -2.43. The molecule has 1 aromatic rings. The molecule has 0 aliphatic heterocycles. The van der Waals surface area contributed by atoms with Crippen molar-refractivity contribution < 1.29 is 5.11 Å². The molecule has 3 atom stereocenters. The Kier molecular flexibility index (Phi) is 6.07.